The summed E-state index contributed by atoms with van der Waals surface area (Å²) in [5, 5.41) is 3.41. The average Bonchev–Trinajstić information content (AvgIpc) is 2.75. The second kappa shape index (κ2) is 8.32. The van der Waals surface area contributed by atoms with Crippen molar-refractivity contribution in [1.29, 1.82) is 0 Å². The van der Waals surface area contributed by atoms with Gasteiger partial charge in [0.1, 0.15) is 0 Å². The van der Waals surface area contributed by atoms with Crippen LogP contribution in [0.4, 0.5) is 11.4 Å². The van der Waals surface area contributed by atoms with Crippen LogP contribution in [0, 0.1) is 6.92 Å². The van der Waals surface area contributed by atoms with E-state index in [1.54, 1.807) is 23.1 Å². The minimum atomic E-state index is -0.651. The summed E-state index contributed by atoms with van der Waals surface area (Å²) in [4.78, 5) is 40.3. The number of amides is 2. The molecule has 1 aliphatic carbocycles. The highest BCUT2D eigenvalue weighted by atomic mass is 35.5. The Bertz CT molecular complexity index is 1060. The lowest BCUT2D eigenvalue weighted by Gasteiger charge is -2.36. The zero-order valence-corrected chi connectivity index (χ0v) is 17.4. The largest absolute Gasteiger partial charge is 0.368 e. The molecule has 0 saturated carbocycles. The Morgan fingerprint density at radius 1 is 1.00 bits per heavy atom. The molecule has 2 aromatic rings. The standard InChI is InChI=1S/C23H22ClN3O3/c1-15-12-19(5-7-21(15)24)26-8-10-27(11-9-26)23(30)22(29)25-18-4-2-17-14-20(28)6-3-16(17)13-18/h2-7,12-13H,8-11,14H2,1H3,(H,25,29). The van der Waals surface area contributed by atoms with Crippen molar-refractivity contribution in [1.82, 2.24) is 4.90 Å². The maximum atomic E-state index is 12.6. The Labute approximate surface area is 180 Å². The van der Waals surface area contributed by atoms with Gasteiger partial charge in [-0.25, -0.2) is 0 Å². The van der Waals surface area contributed by atoms with Crippen LogP contribution in [0.25, 0.3) is 6.08 Å². The van der Waals surface area contributed by atoms with E-state index in [1.807, 2.05) is 31.2 Å². The molecular formula is C23H22ClN3O3. The number of hydrogen-bond donors (Lipinski definition) is 1. The van der Waals surface area contributed by atoms with Gasteiger partial charge in [-0.05, 0) is 60.0 Å². The molecule has 0 unspecified atom stereocenters. The van der Waals surface area contributed by atoms with Gasteiger partial charge >= 0.3 is 11.8 Å². The van der Waals surface area contributed by atoms with E-state index < -0.39 is 11.8 Å². The number of halogens is 1. The van der Waals surface area contributed by atoms with Crippen molar-refractivity contribution in [2.24, 2.45) is 0 Å². The third kappa shape index (κ3) is 4.24. The van der Waals surface area contributed by atoms with Crippen molar-refractivity contribution in [3.05, 3.63) is 64.2 Å². The lowest BCUT2D eigenvalue weighted by Crippen LogP contribution is -2.51. The highest BCUT2D eigenvalue weighted by molar-refractivity contribution is 6.39. The van der Waals surface area contributed by atoms with Gasteiger partial charge < -0.3 is 15.1 Å². The SMILES string of the molecule is Cc1cc(N2CCN(C(=O)C(=O)Nc3ccc4c(c3)C=CC(=O)C4)CC2)ccc1Cl. The van der Waals surface area contributed by atoms with Crippen LogP contribution in [-0.2, 0) is 20.8 Å². The second-order valence-electron chi connectivity index (χ2n) is 7.56. The summed E-state index contributed by atoms with van der Waals surface area (Å²) >= 11 is 6.10. The molecule has 6 nitrogen and oxygen atoms in total. The fourth-order valence-corrected chi connectivity index (χ4v) is 3.86. The Kier molecular flexibility index (Phi) is 5.59. The normalized spacial score (nSPS) is 15.7. The predicted octanol–water partition coefficient (Wildman–Crippen LogP) is 3.07. The van der Waals surface area contributed by atoms with Crippen LogP contribution >= 0.6 is 11.6 Å². The number of hydrogen-bond acceptors (Lipinski definition) is 4. The smallest absolute Gasteiger partial charge is 0.313 e. The Hall–Kier alpha value is -3.12. The molecule has 2 aliphatic rings. The third-order valence-electron chi connectivity index (χ3n) is 5.49. The first-order chi connectivity index (χ1) is 14.4. The molecule has 154 valence electrons. The fraction of sp³-hybridized carbons (Fsp3) is 0.261. The van der Waals surface area contributed by atoms with Gasteiger partial charge in [0.05, 0.1) is 0 Å². The topological polar surface area (TPSA) is 69.7 Å². The molecule has 1 fully saturated rings. The molecule has 0 aromatic heterocycles. The lowest BCUT2D eigenvalue weighted by atomic mass is 9.96. The molecule has 1 heterocycles. The van der Waals surface area contributed by atoms with Gasteiger partial charge in [-0.15, -0.1) is 0 Å². The zero-order chi connectivity index (χ0) is 21.3. The molecule has 7 heteroatoms. The van der Waals surface area contributed by atoms with E-state index >= 15 is 0 Å². The number of nitrogens with zero attached hydrogens (tertiary/aromatic N) is 2. The number of ketones is 1. The number of aryl methyl sites for hydroxylation is 1. The highest BCUT2D eigenvalue weighted by Gasteiger charge is 2.26. The molecule has 1 aliphatic heterocycles. The van der Waals surface area contributed by atoms with E-state index in [0.29, 0.717) is 38.3 Å². The molecule has 0 bridgehead atoms. The molecule has 0 atom stereocenters. The number of nitrogens with one attached hydrogen (secondary N) is 1. The monoisotopic (exact) mass is 423 g/mol. The van der Waals surface area contributed by atoms with E-state index in [4.69, 9.17) is 11.6 Å². The summed E-state index contributed by atoms with van der Waals surface area (Å²) in [5.74, 6) is -1.13. The van der Waals surface area contributed by atoms with Gasteiger partial charge in [-0.2, -0.15) is 0 Å². The molecule has 2 amide bonds. The summed E-state index contributed by atoms with van der Waals surface area (Å²) < 4.78 is 0. The van der Waals surface area contributed by atoms with Gasteiger partial charge in [0.25, 0.3) is 0 Å². The summed E-state index contributed by atoms with van der Waals surface area (Å²) in [7, 11) is 0. The molecule has 2 aromatic carbocycles. The summed E-state index contributed by atoms with van der Waals surface area (Å²) in [6, 6.07) is 11.2. The van der Waals surface area contributed by atoms with E-state index in [1.165, 1.54) is 6.08 Å². The molecule has 30 heavy (non-hydrogen) atoms. The Morgan fingerprint density at radius 2 is 1.77 bits per heavy atom. The van der Waals surface area contributed by atoms with E-state index in [-0.39, 0.29) is 5.78 Å². The zero-order valence-electron chi connectivity index (χ0n) is 16.7. The van der Waals surface area contributed by atoms with Gasteiger partial charge in [0.2, 0.25) is 0 Å². The van der Waals surface area contributed by atoms with Crippen LogP contribution in [-0.4, -0.2) is 48.7 Å². The predicted molar refractivity (Wildman–Crippen MR) is 118 cm³/mol. The van der Waals surface area contributed by atoms with Crippen LogP contribution in [0.15, 0.2) is 42.5 Å². The number of rotatable bonds is 2. The van der Waals surface area contributed by atoms with Crippen LogP contribution in [0.3, 0.4) is 0 Å². The van der Waals surface area contributed by atoms with Crippen LogP contribution in [0.5, 0.6) is 0 Å². The minimum absolute atomic E-state index is 0.0577. The number of benzene rings is 2. The molecule has 4 rings (SSSR count). The summed E-state index contributed by atoms with van der Waals surface area (Å²) in [6.45, 7) is 4.21. The molecular weight excluding hydrogens is 402 g/mol. The quantitative estimate of drug-likeness (QED) is 0.754. The number of anilines is 2. The Morgan fingerprint density at radius 3 is 2.50 bits per heavy atom. The number of allylic oxidation sites excluding steroid dienone is 1. The first-order valence-corrected chi connectivity index (χ1v) is 10.2. The lowest BCUT2D eigenvalue weighted by molar-refractivity contribution is -0.143. The summed E-state index contributed by atoms with van der Waals surface area (Å²) in [5.41, 5.74) is 4.42. The number of fused-ring (bicyclic) bond motifs is 1. The molecule has 1 N–H and O–H groups in total. The van der Waals surface area contributed by atoms with Gasteiger partial charge in [-0.1, -0.05) is 23.7 Å². The van der Waals surface area contributed by atoms with Crippen LogP contribution in [0.2, 0.25) is 5.02 Å². The maximum Gasteiger partial charge on any atom is 0.313 e. The number of carbonyl (C=O) groups excluding carboxylic acids is 3. The van der Waals surface area contributed by atoms with Gasteiger partial charge in [0, 0.05) is 49.0 Å². The molecule has 0 radical (unpaired) electrons. The third-order valence-corrected chi connectivity index (χ3v) is 5.91. The first-order valence-electron chi connectivity index (χ1n) is 9.86. The van der Waals surface area contributed by atoms with Gasteiger partial charge in [0.15, 0.2) is 5.78 Å². The van der Waals surface area contributed by atoms with Gasteiger partial charge in [-0.3, -0.25) is 14.4 Å². The second-order valence-corrected chi connectivity index (χ2v) is 7.96. The van der Waals surface area contributed by atoms with E-state index in [9.17, 15) is 14.4 Å². The number of carbonyl (C=O) groups is 3. The van der Waals surface area contributed by atoms with Crippen LogP contribution in [0.1, 0.15) is 16.7 Å². The maximum absolute atomic E-state index is 12.6. The molecule has 0 spiro atoms. The highest BCUT2D eigenvalue weighted by Crippen LogP contribution is 2.24. The Balaban J connectivity index is 1.35. The van der Waals surface area contributed by atoms with Crippen molar-refractivity contribution in [2.75, 3.05) is 36.4 Å². The van der Waals surface area contributed by atoms with Crippen LogP contribution < -0.4 is 10.2 Å². The van der Waals surface area contributed by atoms with Crippen molar-refractivity contribution in [3.8, 4) is 0 Å². The van der Waals surface area contributed by atoms with Crippen molar-refractivity contribution >= 4 is 46.6 Å². The van der Waals surface area contributed by atoms with Crippen molar-refractivity contribution in [2.45, 2.75) is 13.3 Å². The molecule has 1 saturated heterocycles. The fourth-order valence-electron chi connectivity index (χ4n) is 3.74. The number of piperazine rings is 1. The van der Waals surface area contributed by atoms with E-state index in [0.717, 1.165) is 27.4 Å². The van der Waals surface area contributed by atoms with Crippen molar-refractivity contribution < 1.29 is 14.4 Å². The van der Waals surface area contributed by atoms with Crippen molar-refractivity contribution in [3.63, 3.8) is 0 Å². The first kappa shape index (κ1) is 20.2. The minimum Gasteiger partial charge on any atom is -0.368 e. The summed E-state index contributed by atoms with van der Waals surface area (Å²) in [6.07, 6.45) is 3.62. The van der Waals surface area contributed by atoms with E-state index in [2.05, 4.69) is 10.2 Å². The average molecular weight is 424 g/mol.